The van der Waals surface area contributed by atoms with Gasteiger partial charge in [0.05, 0.1) is 10.6 Å². The molecule has 6 nitrogen and oxygen atoms in total. The standard InChI is InChI=1S/C17H18N2O4/c1-11-6-12(2)8-15(7-11)23-10-17(20)18-16-9-14(19(21)22)5-4-13(16)3/h4-9H,10H2,1-3H3,(H,18,20). The molecule has 1 amide bonds. The van der Waals surface area contributed by atoms with Crippen molar-refractivity contribution in [2.75, 3.05) is 11.9 Å². The van der Waals surface area contributed by atoms with Crippen molar-refractivity contribution in [3.63, 3.8) is 0 Å². The Labute approximate surface area is 134 Å². The molecule has 0 aliphatic rings. The van der Waals surface area contributed by atoms with Gasteiger partial charge in [0, 0.05) is 12.1 Å². The van der Waals surface area contributed by atoms with Crippen molar-refractivity contribution in [1.82, 2.24) is 0 Å². The molecule has 0 saturated heterocycles. The quantitative estimate of drug-likeness (QED) is 0.676. The molecule has 2 rings (SSSR count). The van der Waals surface area contributed by atoms with Gasteiger partial charge in [0.2, 0.25) is 0 Å². The Morgan fingerprint density at radius 1 is 1.13 bits per heavy atom. The maximum atomic E-state index is 12.0. The molecule has 23 heavy (non-hydrogen) atoms. The van der Waals surface area contributed by atoms with Gasteiger partial charge in [-0.2, -0.15) is 0 Å². The summed E-state index contributed by atoms with van der Waals surface area (Å²) in [6, 6.07) is 10.0. The Balaban J connectivity index is 2.02. The van der Waals surface area contributed by atoms with Gasteiger partial charge in [-0.05, 0) is 49.6 Å². The minimum atomic E-state index is -0.499. The lowest BCUT2D eigenvalue weighted by Crippen LogP contribution is -2.20. The van der Waals surface area contributed by atoms with Crippen LogP contribution in [0.25, 0.3) is 0 Å². The second-order valence-corrected chi connectivity index (χ2v) is 5.42. The fourth-order valence-electron chi connectivity index (χ4n) is 2.21. The number of carbonyl (C=O) groups excluding carboxylic acids is 1. The van der Waals surface area contributed by atoms with Crippen LogP contribution in [0.15, 0.2) is 36.4 Å². The molecule has 120 valence electrons. The summed E-state index contributed by atoms with van der Waals surface area (Å²) in [5.41, 5.74) is 3.19. The maximum absolute atomic E-state index is 12.0. The molecule has 0 spiro atoms. The number of hydrogen-bond donors (Lipinski definition) is 1. The molecule has 0 radical (unpaired) electrons. The number of nitrogens with zero attached hydrogens (tertiary/aromatic N) is 1. The zero-order valence-corrected chi connectivity index (χ0v) is 13.3. The van der Waals surface area contributed by atoms with E-state index in [0.717, 1.165) is 16.7 Å². The summed E-state index contributed by atoms with van der Waals surface area (Å²) in [5, 5.41) is 13.4. The molecular formula is C17H18N2O4. The van der Waals surface area contributed by atoms with E-state index in [1.807, 2.05) is 32.0 Å². The van der Waals surface area contributed by atoms with Crippen molar-refractivity contribution < 1.29 is 14.5 Å². The van der Waals surface area contributed by atoms with Crippen molar-refractivity contribution in [2.45, 2.75) is 20.8 Å². The van der Waals surface area contributed by atoms with Crippen LogP contribution in [0.5, 0.6) is 5.75 Å². The van der Waals surface area contributed by atoms with Crippen molar-refractivity contribution >= 4 is 17.3 Å². The Hall–Kier alpha value is -2.89. The summed E-state index contributed by atoms with van der Waals surface area (Å²) < 4.78 is 5.47. The smallest absolute Gasteiger partial charge is 0.271 e. The van der Waals surface area contributed by atoms with Gasteiger partial charge < -0.3 is 10.1 Å². The normalized spacial score (nSPS) is 10.2. The SMILES string of the molecule is Cc1cc(C)cc(OCC(=O)Nc2cc([N+](=O)[O-])ccc2C)c1. The summed E-state index contributed by atoms with van der Waals surface area (Å²) in [5.74, 6) is 0.251. The number of amides is 1. The fourth-order valence-corrected chi connectivity index (χ4v) is 2.21. The average Bonchev–Trinajstić information content (AvgIpc) is 2.46. The lowest BCUT2D eigenvalue weighted by atomic mass is 10.1. The highest BCUT2D eigenvalue weighted by Gasteiger charge is 2.11. The van der Waals surface area contributed by atoms with Gasteiger partial charge in [0.1, 0.15) is 5.75 Å². The van der Waals surface area contributed by atoms with Crippen LogP contribution in [-0.4, -0.2) is 17.4 Å². The summed E-state index contributed by atoms with van der Waals surface area (Å²) in [7, 11) is 0. The molecular weight excluding hydrogens is 296 g/mol. The van der Waals surface area contributed by atoms with Crippen LogP contribution in [0.1, 0.15) is 16.7 Å². The van der Waals surface area contributed by atoms with Crippen LogP contribution < -0.4 is 10.1 Å². The first-order chi connectivity index (χ1) is 10.8. The highest BCUT2D eigenvalue weighted by Crippen LogP contribution is 2.22. The van der Waals surface area contributed by atoms with E-state index in [9.17, 15) is 14.9 Å². The number of carbonyl (C=O) groups is 1. The molecule has 0 heterocycles. The van der Waals surface area contributed by atoms with Gasteiger partial charge in [0.25, 0.3) is 11.6 Å². The number of non-ortho nitro benzene ring substituents is 1. The van der Waals surface area contributed by atoms with Gasteiger partial charge in [-0.1, -0.05) is 12.1 Å². The van der Waals surface area contributed by atoms with E-state index in [1.54, 1.807) is 13.0 Å². The zero-order valence-electron chi connectivity index (χ0n) is 13.3. The minimum absolute atomic E-state index is 0.0684. The third-order valence-electron chi connectivity index (χ3n) is 3.27. The van der Waals surface area contributed by atoms with Crippen LogP contribution in [0.3, 0.4) is 0 Å². The molecule has 1 N–H and O–H groups in total. The predicted octanol–water partition coefficient (Wildman–Crippen LogP) is 3.54. The number of nitro benzene ring substituents is 1. The number of nitro groups is 1. The number of anilines is 1. The topological polar surface area (TPSA) is 81.5 Å². The van der Waals surface area contributed by atoms with E-state index in [1.165, 1.54) is 12.1 Å². The zero-order chi connectivity index (χ0) is 17.0. The average molecular weight is 314 g/mol. The molecule has 2 aromatic carbocycles. The minimum Gasteiger partial charge on any atom is -0.484 e. The van der Waals surface area contributed by atoms with E-state index >= 15 is 0 Å². The first-order valence-corrected chi connectivity index (χ1v) is 7.11. The van der Waals surface area contributed by atoms with Crippen LogP contribution in [-0.2, 0) is 4.79 Å². The van der Waals surface area contributed by atoms with Crippen LogP contribution in [0, 0.1) is 30.9 Å². The van der Waals surface area contributed by atoms with Crippen LogP contribution >= 0.6 is 0 Å². The Morgan fingerprint density at radius 2 is 1.78 bits per heavy atom. The Kier molecular flexibility index (Phi) is 4.95. The molecule has 0 bridgehead atoms. The van der Waals surface area contributed by atoms with E-state index in [0.29, 0.717) is 11.4 Å². The van der Waals surface area contributed by atoms with Crippen LogP contribution in [0.4, 0.5) is 11.4 Å². The van der Waals surface area contributed by atoms with E-state index in [-0.39, 0.29) is 18.2 Å². The van der Waals surface area contributed by atoms with Crippen molar-refractivity contribution in [3.8, 4) is 5.75 Å². The predicted molar refractivity (Wildman–Crippen MR) is 87.9 cm³/mol. The number of ether oxygens (including phenoxy) is 1. The number of rotatable bonds is 5. The highest BCUT2D eigenvalue weighted by molar-refractivity contribution is 5.93. The second-order valence-electron chi connectivity index (χ2n) is 5.42. The summed E-state index contributed by atoms with van der Waals surface area (Å²) >= 11 is 0. The number of aryl methyl sites for hydroxylation is 3. The van der Waals surface area contributed by atoms with Crippen molar-refractivity contribution in [1.29, 1.82) is 0 Å². The van der Waals surface area contributed by atoms with E-state index in [4.69, 9.17) is 4.74 Å². The molecule has 6 heteroatoms. The first kappa shape index (κ1) is 16.5. The number of benzene rings is 2. The van der Waals surface area contributed by atoms with Crippen LogP contribution in [0.2, 0.25) is 0 Å². The monoisotopic (exact) mass is 314 g/mol. The van der Waals surface area contributed by atoms with Crippen molar-refractivity contribution in [3.05, 3.63) is 63.2 Å². The molecule has 0 aliphatic heterocycles. The van der Waals surface area contributed by atoms with Gasteiger partial charge in [-0.3, -0.25) is 14.9 Å². The molecule has 2 aromatic rings. The van der Waals surface area contributed by atoms with Gasteiger partial charge in [-0.25, -0.2) is 0 Å². The summed E-state index contributed by atoms with van der Waals surface area (Å²) in [6.45, 7) is 5.51. The van der Waals surface area contributed by atoms with Gasteiger partial charge in [0.15, 0.2) is 6.61 Å². The fraction of sp³-hybridized carbons (Fsp3) is 0.235. The van der Waals surface area contributed by atoms with Gasteiger partial charge in [-0.15, -0.1) is 0 Å². The Bertz CT molecular complexity index is 736. The molecule has 0 unspecified atom stereocenters. The lowest BCUT2D eigenvalue weighted by Gasteiger charge is -2.10. The van der Waals surface area contributed by atoms with E-state index < -0.39 is 4.92 Å². The molecule has 0 aromatic heterocycles. The second kappa shape index (κ2) is 6.91. The summed E-state index contributed by atoms with van der Waals surface area (Å²) in [6.07, 6.45) is 0. The maximum Gasteiger partial charge on any atom is 0.271 e. The van der Waals surface area contributed by atoms with E-state index in [2.05, 4.69) is 5.32 Å². The molecule has 0 atom stereocenters. The molecule has 0 saturated carbocycles. The number of nitrogens with one attached hydrogen (secondary N) is 1. The Morgan fingerprint density at radius 3 is 2.39 bits per heavy atom. The largest absolute Gasteiger partial charge is 0.484 e. The first-order valence-electron chi connectivity index (χ1n) is 7.11. The third kappa shape index (κ3) is 4.54. The third-order valence-corrected chi connectivity index (χ3v) is 3.27. The number of hydrogen-bond acceptors (Lipinski definition) is 4. The summed E-state index contributed by atoms with van der Waals surface area (Å²) in [4.78, 5) is 22.3. The molecule has 0 fully saturated rings. The lowest BCUT2D eigenvalue weighted by molar-refractivity contribution is -0.384. The van der Waals surface area contributed by atoms with Crippen molar-refractivity contribution in [2.24, 2.45) is 0 Å². The highest BCUT2D eigenvalue weighted by atomic mass is 16.6. The van der Waals surface area contributed by atoms with Gasteiger partial charge >= 0.3 is 0 Å². The molecule has 0 aliphatic carbocycles.